The van der Waals surface area contributed by atoms with Gasteiger partial charge in [0.1, 0.15) is 4.90 Å². The van der Waals surface area contributed by atoms with Gasteiger partial charge in [0, 0.05) is 10.7 Å². The molecule has 146 valence electrons. The van der Waals surface area contributed by atoms with E-state index in [1.54, 1.807) is 18.2 Å². The zero-order valence-electron chi connectivity index (χ0n) is 14.1. The molecule has 0 unspecified atom stereocenters. The SMILES string of the molecule is O=S(=O)(Nc1ccc(Cl)c(S(=O)(=O)Nc2ccc(Cl)cc2)c1)c1ccccc1. The van der Waals surface area contributed by atoms with E-state index in [0.29, 0.717) is 5.02 Å². The number of sulfonamides is 2. The van der Waals surface area contributed by atoms with E-state index < -0.39 is 20.0 Å². The summed E-state index contributed by atoms with van der Waals surface area (Å²) < 4.78 is 55.0. The van der Waals surface area contributed by atoms with Crippen LogP contribution in [0.15, 0.2) is 82.6 Å². The van der Waals surface area contributed by atoms with Crippen LogP contribution in [0, 0.1) is 0 Å². The van der Waals surface area contributed by atoms with Crippen molar-refractivity contribution >= 4 is 54.6 Å². The minimum Gasteiger partial charge on any atom is -0.280 e. The highest BCUT2D eigenvalue weighted by atomic mass is 35.5. The van der Waals surface area contributed by atoms with Gasteiger partial charge in [0.25, 0.3) is 20.0 Å². The summed E-state index contributed by atoms with van der Waals surface area (Å²) in [6, 6.07) is 17.6. The zero-order chi connectivity index (χ0) is 20.4. The highest BCUT2D eigenvalue weighted by Crippen LogP contribution is 2.28. The lowest BCUT2D eigenvalue weighted by Crippen LogP contribution is -2.16. The van der Waals surface area contributed by atoms with E-state index >= 15 is 0 Å². The molecule has 3 rings (SSSR count). The Kier molecular flexibility index (Phi) is 5.85. The van der Waals surface area contributed by atoms with Gasteiger partial charge < -0.3 is 0 Å². The lowest BCUT2D eigenvalue weighted by molar-refractivity contribution is 0.598. The number of benzene rings is 3. The van der Waals surface area contributed by atoms with E-state index in [-0.39, 0.29) is 26.2 Å². The van der Waals surface area contributed by atoms with Gasteiger partial charge in [-0.2, -0.15) is 0 Å². The van der Waals surface area contributed by atoms with Crippen molar-refractivity contribution in [2.45, 2.75) is 9.79 Å². The minimum atomic E-state index is -4.06. The fourth-order valence-corrected chi connectivity index (χ4v) is 5.10. The van der Waals surface area contributed by atoms with Crippen LogP contribution in [0.4, 0.5) is 11.4 Å². The molecule has 0 radical (unpaired) electrons. The largest absolute Gasteiger partial charge is 0.280 e. The average Bonchev–Trinajstić information content (AvgIpc) is 2.65. The van der Waals surface area contributed by atoms with E-state index in [1.165, 1.54) is 48.5 Å². The van der Waals surface area contributed by atoms with E-state index in [1.807, 2.05) is 0 Å². The minimum absolute atomic E-state index is 0.0497. The molecule has 0 atom stereocenters. The van der Waals surface area contributed by atoms with Gasteiger partial charge in [-0.25, -0.2) is 16.8 Å². The van der Waals surface area contributed by atoms with Gasteiger partial charge in [-0.15, -0.1) is 0 Å². The number of hydrogen-bond donors (Lipinski definition) is 2. The normalized spacial score (nSPS) is 11.8. The highest BCUT2D eigenvalue weighted by Gasteiger charge is 2.21. The summed E-state index contributed by atoms with van der Waals surface area (Å²) in [4.78, 5) is -0.217. The number of hydrogen-bond acceptors (Lipinski definition) is 4. The summed E-state index contributed by atoms with van der Waals surface area (Å²) in [6.45, 7) is 0. The Morgan fingerprint density at radius 1 is 0.643 bits per heavy atom. The molecule has 0 saturated heterocycles. The second-order valence-corrected chi connectivity index (χ2v) is 9.85. The summed E-state index contributed by atoms with van der Waals surface area (Å²) in [7, 11) is -7.93. The Morgan fingerprint density at radius 2 is 1.21 bits per heavy atom. The number of rotatable bonds is 6. The standard InChI is InChI=1S/C18H14Cl2N2O4S2/c19-13-6-8-14(9-7-13)21-28(25,26)18-12-15(10-11-17(18)20)22-27(23,24)16-4-2-1-3-5-16/h1-12,21-22H. The molecule has 0 aromatic heterocycles. The summed E-state index contributed by atoms with van der Waals surface area (Å²) in [5.74, 6) is 0. The third-order valence-corrected chi connectivity index (χ3v) is 7.13. The highest BCUT2D eigenvalue weighted by molar-refractivity contribution is 7.93. The van der Waals surface area contributed by atoms with Crippen LogP contribution < -0.4 is 9.44 Å². The molecule has 0 aliphatic rings. The monoisotopic (exact) mass is 456 g/mol. The molecular weight excluding hydrogens is 443 g/mol. The van der Waals surface area contributed by atoms with Crippen LogP contribution in [-0.2, 0) is 20.0 Å². The van der Waals surface area contributed by atoms with E-state index in [0.717, 1.165) is 6.07 Å². The first-order chi connectivity index (χ1) is 13.2. The lowest BCUT2D eigenvalue weighted by Gasteiger charge is -2.13. The van der Waals surface area contributed by atoms with Crippen LogP contribution in [0.1, 0.15) is 0 Å². The first-order valence-corrected chi connectivity index (χ1v) is 11.6. The Bertz CT molecular complexity index is 1200. The van der Waals surface area contributed by atoms with Crippen LogP contribution in [-0.4, -0.2) is 16.8 Å². The third-order valence-electron chi connectivity index (χ3n) is 3.62. The molecule has 3 aromatic rings. The van der Waals surface area contributed by atoms with Crippen LogP contribution >= 0.6 is 23.2 Å². The number of anilines is 2. The molecule has 3 aromatic carbocycles. The van der Waals surface area contributed by atoms with Crippen molar-refractivity contribution in [3.05, 3.63) is 82.8 Å². The Hall–Kier alpha value is -2.26. The maximum absolute atomic E-state index is 12.7. The van der Waals surface area contributed by atoms with Crippen LogP contribution in [0.5, 0.6) is 0 Å². The van der Waals surface area contributed by atoms with Gasteiger partial charge >= 0.3 is 0 Å². The fraction of sp³-hybridized carbons (Fsp3) is 0. The molecular formula is C18H14Cl2N2O4S2. The van der Waals surface area contributed by atoms with Crippen molar-refractivity contribution < 1.29 is 16.8 Å². The second-order valence-electron chi connectivity index (χ2n) is 5.68. The third kappa shape index (κ3) is 4.77. The van der Waals surface area contributed by atoms with Gasteiger partial charge in [0.2, 0.25) is 0 Å². The molecule has 0 spiro atoms. The van der Waals surface area contributed by atoms with Gasteiger partial charge in [-0.1, -0.05) is 41.4 Å². The van der Waals surface area contributed by atoms with Crippen molar-refractivity contribution in [3.8, 4) is 0 Å². The van der Waals surface area contributed by atoms with E-state index in [4.69, 9.17) is 23.2 Å². The Balaban J connectivity index is 1.92. The first kappa shape index (κ1) is 20.5. The maximum Gasteiger partial charge on any atom is 0.263 e. The Morgan fingerprint density at radius 3 is 1.86 bits per heavy atom. The van der Waals surface area contributed by atoms with Gasteiger partial charge in [-0.3, -0.25) is 9.44 Å². The van der Waals surface area contributed by atoms with Gasteiger partial charge in [0.15, 0.2) is 0 Å². The molecule has 6 nitrogen and oxygen atoms in total. The number of nitrogens with one attached hydrogen (secondary N) is 2. The van der Waals surface area contributed by atoms with Gasteiger partial charge in [0.05, 0.1) is 15.6 Å². The zero-order valence-corrected chi connectivity index (χ0v) is 17.3. The topological polar surface area (TPSA) is 92.3 Å². The van der Waals surface area contributed by atoms with E-state index in [9.17, 15) is 16.8 Å². The molecule has 0 aliphatic carbocycles. The molecule has 0 amide bonds. The molecule has 10 heteroatoms. The smallest absolute Gasteiger partial charge is 0.263 e. The maximum atomic E-state index is 12.7. The average molecular weight is 457 g/mol. The van der Waals surface area contributed by atoms with Crippen LogP contribution in [0.3, 0.4) is 0 Å². The molecule has 0 aliphatic heterocycles. The molecule has 2 N–H and O–H groups in total. The molecule has 0 heterocycles. The summed E-state index contributed by atoms with van der Waals surface area (Å²) in [5.41, 5.74) is 0.348. The first-order valence-electron chi connectivity index (χ1n) is 7.83. The lowest BCUT2D eigenvalue weighted by atomic mass is 10.3. The molecule has 0 saturated carbocycles. The summed E-state index contributed by atoms with van der Waals surface area (Å²) >= 11 is 11.8. The fourth-order valence-electron chi connectivity index (χ4n) is 2.31. The molecule has 0 bridgehead atoms. The second kappa shape index (κ2) is 8.00. The van der Waals surface area contributed by atoms with Crippen molar-refractivity contribution in [2.75, 3.05) is 9.44 Å². The number of halogens is 2. The predicted octanol–water partition coefficient (Wildman–Crippen LogP) is 4.60. The predicted molar refractivity (Wildman–Crippen MR) is 111 cm³/mol. The molecule has 28 heavy (non-hydrogen) atoms. The quantitative estimate of drug-likeness (QED) is 0.566. The van der Waals surface area contributed by atoms with Crippen molar-refractivity contribution in [2.24, 2.45) is 0 Å². The summed E-state index contributed by atoms with van der Waals surface area (Å²) in [5, 5.41) is 0.405. The van der Waals surface area contributed by atoms with Crippen LogP contribution in [0.25, 0.3) is 0 Å². The van der Waals surface area contributed by atoms with Crippen LogP contribution in [0.2, 0.25) is 10.0 Å². The summed E-state index contributed by atoms with van der Waals surface area (Å²) in [6.07, 6.45) is 0. The van der Waals surface area contributed by atoms with E-state index in [2.05, 4.69) is 9.44 Å². The Labute approximate surface area is 173 Å². The van der Waals surface area contributed by atoms with Crippen molar-refractivity contribution in [1.29, 1.82) is 0 Å². The molecule has 0 fully saturated rings. The van der Waals surface area contributed by atoms with Crippen molar-refractivity contribution in [3.63, 3.8) is 0 Å². The van der Waals surface area contributed by atoms with Gasteiger partial charge in [-0.05, 0) is 54.6 Å². The van der Waals surface area contributed by atoms with Crippen molar-refractivity contribution in [1.82, 2.24) is 0 Å².